The van der Waals surface area contributed by atoms with E-state index in [0.717, 1.165) is 28.3 Å². The first-order valence-corrected chi connectivity index (χ1v) is 9.16. The van der Waals surface area contributed by atoms with Crippen molar-refractivity contribution in [3.05, 3.63) is 89.5 Å². The fourth-order valence-electron chi connectivity index (χ4n) is 3.37. The van der Waals surface area contributed by atoms with Crippen molar-refractivity contribution in [1.29, 1.82) is 0 Å². The van der Waals surface area contributed by atoms with Gasteiger partial charge in [-0.05, 0) is 55.8 Å². The topological polar surface area (TPSA) is 41.6 Å². The smallest absolute Gasteiger partial charge is 0.262 e. The number of para-hydroxylation sites is 1. The molecule has 1 aliphatic heterocycles. The molecule has 1 aliphatic rings. The van der Waals surface area contributed by atoms with Gasteiger partial charge in [-0.1, -0.05) is 42.0 Å². The lowest BCUT2D eigenvalue weighted by atomic mass is 10.0. The molecular weight excluding hydrogens is 336 g/mol. The van der Waals surface area contributed by atoms with Gasteiger partial charge < -0.3 is 10.1 Å². The third-order valence-corrected chi connectivity index (χ3v) is 4.75. The molecule has 27 heavy (non-hydrogen) atoms. The standard InChI is InChI=1S/C23H22N2O2/c1-3-27-19-14-10-17(11-15-19)22-24-21-7-5-4-6-20(21)23(26)25(22)18-12-8-16(2)9-13-18/h4-15,22,24H,3H2,1-2H3/t22-/m0/s1. The summed E-state index contributed by atoms with van der Waals surface area (Å²) in [5.41, 5.74) is 4.56. The normalized spacial score (nSPS) is 15.9. The van der Waals surface area contributed by atoms with Crippen molar-refractivity contribution in [2.75, 3.05) is 16.8 Å². The molecule has 136 valence electrons. The van der Waals surface area contributed by atoms with E-state index in [1.54, 1.807) is 0 Å². The number of fused-ring (bicyclic) bond motifs is 1. The third-order valence-electron chi connectivity index (χ3n) is 4.75. The van der Waals surface area contributed by atoms with Crippen LogP contribution in [0.3, 0.4) is 0 Å². The van der Waals surface area contributed by atoms with Crippen LogP contribution in [-0.4, -0.2) is 12.5 Å². The highest BCUT2D eigenvalue weighted by atomic mass is 16.5. The predicted octanol–water partition coefficient (Wildman–Crippen LogP) is 5.16. The Hall–Kier alpha value is -3.27. The molecule has 3 aromatic rings. The van der Waals surface area contributed by atoms with Gasteiger partial charge in [0.05, 0.1) is 12.2 Å². The van der Waals surface area contributed by atoms with Gasteiger partial charge >= 0.3 is 0 Å². The average molecular weight is 358 g/mol. The molecule has 1 amide bonds. The van der Waals surface area contributed by atoms with Gasteiger partial charge in [-0.2, -0.15) is 0 Å². The summed E-state index contributed by atoms with van der Waals surface area (Å²) >= 11 is 0. The van der Waals surface area contributed by atoms with E-state index in [2.05, 4.69) is 5.32 Å². The Labute approximate surface area is 159 Å². The van der Waals surface area contributed by atoms with Gasteiger partial charge in [0.15, 0.2) is 0 Å². The van der Waals surface area contributed by atoms with Crippen LogP contribution < -0.4 is 15.0 Å². The first kappa shape index (κ1) is 17.2. The van der Waals surface area contributed by atoms with E-state index in [1.165, 1.54) is 0 Å². The fourth-order valence-corrected chi connectivity index (χ4v) is 3.37. The molecule has 0 aromatic heterocycles. The minimum atomic E-state index is -0.286. The number of nitrogens with zero attached hydrogens (tertiary/aromatic N) is 1. The van der Waals surface area contributed by atoms with Crippen LogP contribution in [0, 0.1) is 6.92 Å². The molecule has 0 unspecified atom stereocenters. The molecule has 3 aromatic carbocycles. The lowest BCUT2D eigenvalue weighted by Crippen LogP contribution is -2.43. The van der Waals surface area contributed by atoms with Gasteiger partial charge in [0.25, 0.3) is 5.91 Å². The second kappa shape index (κ2) is 7.16. The second-order valence-corrected chi connectivity index (χ2v) is 6.61. The molecule has 0 radical (unpaired) electrons. The van der Waals surface area contributed by atoms with Gasteiger partial charge in [-0.3, -0.25) is 9.69 Å². The summed E-state index contributed by atoms with van der Waals surface area (Å²) in [7, 11) is 0. The zero-order valence-electron chi connectivity index (χ0n) is 15.5. The van der Waals surface area contributed by atoms with Crippen LogP contribution in [0.5, 0.6) is 5.75 Å². The van der Waals surface area contributed by atoms with Crippen molar-refractivity contribution in [2.45, 2.75) is 20.0 Å². The molecule has 4 rings (SSSR count). The van der Waals surface area contributed by atoms with Crippen LogP contribution in [0.1, 0.15) is 34.6 Å². The van der Waals surface area contributed by atoms with E-state index < -0.39 is 0 Å². The van der Waals surface area contributed by atoms with Crippen molar-refractivity contribution in [3.63, 3.8) is 0 Å². The number of hydrogen-bond acceptors (Lipinski definition) is 3. The molecule has 1 N–H and O–H groups in total. The van der Waals surface area contributed by atoms with E-state index >= 15 is 0 Å². The van der Waals surface area contributed by atoms with Crippen LogP contribution in [0.4, 0.5) is 11.4 Å². The first-order chi connectivity index (χ1) is 13.2. The SMILES string of the molecule is CCOc1ccc([C@H]2Nc3ccccc3C(=O)N2c2ccc(C)cc2)cc1. The molecule has 1 heterocycles. The molecule has 0 aliphatic carbocycles. The molecule has 0 spiro atoms. The number of aryl methyl sites for hydroxylation is 1. The zero-order valence-corrected chi connectivity index (χ0v) is 15.5. The highest BCUT2D eigenvalue weighted by Gasteiger charge is 2.33. The lowest BCUT2D eigenvalue weighted by Gasteiger charge is -2.38. The summed E-state index contributed by atoms with van der Waals surface area (Å²) in [6.07, 6.45) is -0.286. The number of carbonyl (C=O) groups is 1. The Morgan fingerprint density at radius 2 is 1.67 bits per heavy atom. The number of anilines is 2. The molecule has 4 nitrogen and oxygen atoms in total. The maximum absolute atomic E-state index is 13.3. The van der Waals surface area contributed by atoms with E-state index in [0.29, 0.717) is 12.2 Å². The predicted molar refractivity (Wildman–Crippen MR) is 108 cm³/mol. The van der Waals surface area contributed by atoms with Crippen molar-refractivity contribution in [2.24, 2.45) is 0 Å². The Bertz CT molecular complexity index is 949. The Morgan fingerprint density at radius 1 is 0.963 bits per heavy atom. The Kier molecular flexibility index (Phi) is 4.55. The Morgan fingerprint density at radius 3 is 2.37 bits per heavy atom. The quantitative estimate of drug-likeness (QED) is 0.700. The van der Waals surface area contributed by atoms with E-state index in [-0.39, 0.29) is 12.1 Å². The number of amides is 1. The fraction of sp³-hybridized carbons (Fsp3) is 0.174. The number of ether oxygens (including phenoxy) is 1. The van der Waals surface area contributed by atoms with Gasteiger partial charge in [-0.25, -0.2) is 0 Å². The van der Waals surface area contributed by atoms with Crippen molar-refractivity contribution in [3.8, 4) is 5.75 Å². The summed E-state index contributed by atoms with van der Waals surface area (Å²) in [4.78, 5) is 15.1. The van der Waals surface area contributed by atoms with Crippen LogP contribution in [0.25, 0.3) is 0 Å². The van der Waals surface area contributed by atoms with Gasteiger partial charge in [0.2, 0.25) is 0 Å². The molecule has 0 fully saturated rings. The van der Waals surface area contributed by atoms with Crippen molar-refractivity contribution in [1.82, 2.24) is 0 Å². The maximum Gasteiger partial charge on any atom is 0.262 e. The first-order valence-electron chi connectivity index (χ1n) is 9.16. The molecule has 0 saturated heterocycles. The van der Waals surface area contributed by atoms with Crippen LogP contribution >= 0.6 is 0 Å². The highest BCUT2D eigenvalue weighted by Crippen LogP contribution is 2.37. The maximum atomic E-state index is 13.3. The van der Waals surface area contributed by atoms with Gasteiger partial charge in [-0.15, -0.1) is 0 Å². The summed E-state index contributed by atoms with van der Waals surface area (Å²) in [6.45, 7) is 4.63. The summed E-state index contributed by atoms with van der Waals surface area (Å²) in [5.74, 6) is 0.817. The largest absolute Gasteiger partial charge is 0.494 e. The highest BCUT2D eigenvalue weighted by molar-refractivity contribution is 6.12. The number of hydrogen-bond donors (Lipinski definition) is 1. The van der Waals surface area contributed by atoms with Crippen LogP contribution in [-0.2, 0) is 0 Å². The van der Waals surface area contributed by atoms with Crippen LogP contribution in [0.2, 0.25) is 0 Å². The summed E-state index contributed by atoms with van der Waals surface area (Å²) < 4.78 is 5.55. The van der Waals surface area contributed by atoms with Crippen LogP contribution in [0.15, 0.2) is 72.8 Å². The number of benzene rings is 3. The third kappa shape index (κ3) is 3.26. The van der Waals surface area contributed by atoms with E-state index in [9.17, 15) is 4.79 Å². The van der Waals surface area contributed by atoms with Crippen molar-refractivity contribution >= 4 is 17.3 Å². The van der Waals surface area contributed by atoms with E-state index in [1.807, 2.05) is 91.5 Å². The zero-order chi connectivity index (χ0) is 18.8. The minimum Gasteiger partial charge on any atom is -0.494 e. The molecule has 4 heteroatoms. The number of nitrogens with one attached hydrogen (secondary N) is 1. The van der Waals surface area contributed by atoms with Crippen molar-refractivity contribution < 1.29 is 9.53 Å². The number of rotatable bonds is 4. The molecule has 0 saturated carbocycles. The Balaban J connectivity index is 1.78. The summed E-state index contributed by atoms with van der Waals surface area (Å²) in [5, 5.41) is 3.52. The monoisotopic (exact) mass is 358 g/mol. The molecular formula is C23H22N2O2. The molecule has 0 bridgehead atoms. The average Bonchev–Trinajstić information content (AvgIpc) is 2.70. The summed E-state index contributed by atoms with van der Waals surface area (Å²) in [6, 6.07) is 23.6. The van der Waals surface area contributed by atoms with E-state index in [4.69, 9.17) is 4.74 Å². The minimum absolute atomic E-state index is 0.00733. The molecule has 1 atom stereocenters. The number of carbonyl (C=O) groups excluding carboxylic acids is 1. The lowest BCUT2D eigenvalue weighted by molar-refractivity contribution is 0.0975. The van der Waals surface area contributed by atoms with Gasteiger partial charge in [0, 0.05) is 11.4 Å². The van der Waals surface area contributed by atoms with Gasteiger partial charge in [0.1, 0.15) is 11.9 Å². The second-order valence-electron chi connectivity index (χ2n) is 6.61.